The number of furan rings is 1. The minimum atomic E-state index is -1.47. The summed E-state index contributed by atoms with van der Waals surface area (Å²) in [5.74, 6) is 0. The number of hydrogen-bond acceptors (Lipinski definition) is 4. The predicted octanol–water partition coefficient (Wildman–Crippen LogP) is 7.46. The normalized spacial score (nSPS) is 14.0. The number of pyridine rings is 2. The molecule has 0 atom stereocenters. The Balaban J connectivity index is 1.82. The van der Waals surface area contributed by atoms with Crippen molar-refractivity contribution in [2.75, 3.05) is 0 Å². The largest absolute Gasteiger partial charge is 0.437 e. The lowest BCUT2D eigenvalue weighted by atomic mass is 9.87. The highest BCUT2D eigenvalue weighted by atomic mass is 32.1. The first-order chi connectivity index (χ1) is 14.6. The van der Waals surface area contributed by atoms with Crippen molar-refractivity contribution in [3.8, 4) is 11.3 Å². The Hall–Kier alpha value is -2.72. The molecule has 0 unspecified atom stereocenters. The molecular weight excluding hydrogens is 376 g/mol. The van der Waals surface area contributed by atoms with Crippen LogP contribution in [0.5, 0.6) is 0 Å². The van der Waals surface area contributed by atoms with Gasteiger partial charge >= 0.3 is 0 Å². The summed E-state index contributed by atoms with van der Waals surface area (Å²) in [7, 11) is 0. The molecular formula is C25H24N2OS. The lowest BCUT2D eigenvalue weighted by Gasteiger charge is -2.18. The summed E-state index contributed by atoms with van der Waals surface area (Å²) >= 11 is 1.60. The predicted molar refractivity (Wildman–Crippen MR) is 123 cm³/mol. The maximum Gasteiger partial charge on any atom is 0.227 e. The maximum absolute atomic E-state index is 8.88. The van der Waals surface area contributed by atoms with Crippen LogP contribution in [0, 0.1) is 19.3 Å². The van der Waals surface area contributed by atoms with E-state index in [4.69, 9.17) is 12.1 Å². The molecule has 0 N–H and O–H groups in total. The summed E-state index contributed by atoms with van der Waals surface area (Å²) in [4.78, 5) is 10.3. The molecule has 4 aromatic heterocycles. The fraction of sp³-hybridized carbons (Fsp3) is 0.280. The molecule has 0 aliphatic heterocycles. The topological polar surface area (TPSA) is 38.9 Å². The van der Waals surface area contributed by atoms with Crippen LogP contribution in [0.15, 0.2) is 47.0 Å². The number of rotatable bonds is 2. The molecule has 1 aromatic carbocycles. The summed E-state index contributed by atoms with van der Waals surface area (Å²) in [5, 5.41) is 2.92. The Kier molecular flexibility index (Phi) is 3.55. The van der Waals surface area contributed by atoms with Crippen molar-refractivity contribution in [2.24, 2.45) is 5.41 Å². The summed E-state index contributed by atoms with van der Waals surface area (Å²) in [6, 6.07) is 12.1. The molecule has 0 radical (unpaired) electrons. The summed E-state index contributed by atoms with van der Waals surface area (Å²) in [6.07, 6.45) is 0.302. The van der Waals surface area contributed by atoms with Gasteiger partial charge in [0.2, 0.25) is 5.71 Å². The van der Waals surface area contributed by atoms with Gasteiger partial charge in [-0.3, -0.25) is 4.98 Å². The third-order valence-electron chi connectivity index (χ3n) is 5.04. The Bertz CT molecular complexity index is 1470. The van der Waals surface area contributed by atoms with Crippen molar-refractivity contribution in [1.82, 2.24) is 9.97 Å². The molecule has 0 saturated heterocycles. The van der Waals surface area contributed by atoms with Gasteiger partial charge in [-0.15, -0.1) is 11.3 Å². The van der Waals surface area contributed by atoms with E-state index in [2.05, 4.69) is 4.98 Å². The van der Waals surface area contributed by atoms with Gasteiger partial charge in [0, 0.05) is 35.8 Å². The first kappa shape index (κ1) is 16.1. The Labute approximate surface area is 177 Å². The van der Waals surface area contributed by atoms with Crippen LogP contribution < -0.4 is 0 Å². The van der Waals surface area contributed by atoms with Crippen molar-refractivity contribution >= 4 is 43.5 Å². The van der Waals surface area contributed by atoms with E-state index in [1.807, 2.05) is 71.0 Å². The number of nitrogens with zero attached hydrogens (tertiary/aromatic N) is 2. The van der Waals surface area contributed by atoms with Gasteiger partial charge in [-0.2, -0.15) is 0 Å². The number of benzene rings is 1. The highest BCUT2D eigenvalue weighted by molar-refractivity contribution is 7.19. The maximum atomic E-state index is 8.88. The van der Waals surface area contributed by atoms with Gasteiger partial charge in [0.1, 0.15) is 5.58 Å². The fourth-order valence-electron chi connectivity index (χ4n) is 3.82. The molecule has 3 nitrogen and oxygen atoms in total. The van der Waals surface area contributed by atoms with Gasteiger partial charge in [0.15, 0.2) is 0 Å². The highest BCUT2D eigenvalue weighted by Gasteiger charge is 2.21. The summed E-state index contributed by atoms with van der Waals surface area (Å²) in [5.41, 5.74) is 4.26. The van der Waals surface area contributed by atoms with Crippen LogP contribution in [0.1, 0.15) is 39.6 Å². The zero-order valence-corrected chi connectivity index (χ0v) is 18.1. The van der Waals surface area contributed by atoms with Gasteiger partial charge < -0.3 is 4.42 Å². The van der Waals surface area contributed by atoms with E-state index in [0.29, 0.717) is 5.71 Å². The van der Waals surface area contributed by atoms with Crippen molar-refractivity contribution in [1.29, 1.82) is 0 Å². The van der Waals surface area contributed by atoms with E-state index in [0.717, 1.165) is 53.8 Å². The van der Waals surface area contributed by atoms with E-state index in [-0.39, 0.29) is 0 Å². The SMILES string of the molecule is [2H]C([2H])(c1c(C)sc2c(-c3cccc4c3oc3nc(C)ccc34)nccc12)C(C)(C)C. The fourth-order valence-corrected chi connectivity index (χ4v) is 4.93. The zero-order valence-electron chi connectivity index (χ0n) is 19.3. The first-order valence-corrected chi connectivity index (χ1v) is 10.6. The summed E-state index contributed by atoms with van der Waals surface area (Å²) < 4.78 is 25.0. The van der Waals surface area contributed by atoms with Gasteiger partial charge in [0.05, 0.1) is 10.4 Å². The van der Waals surface area contributed by atoms with Crippen LogP contribution in [-0.4, -0.2) is 9.97 Å². The second kappa shape index (κ2) is 6.39. The number of thiophene rings is 1. The number of fused-ring (bicyclic) bond motifs is 4. The molecule has 4 heterocycles. The molecule has 0 aliphatic carbocycles. The Morgan fingerprint density at radius 1 is 1.03 bits per heavy atom. The number of aryl methyl sites for hydroxylation is 2. The van der Waals surface area contributed by atoms with Crippen LogP contribution >= 0.6 is 11.3 Å². The molecule has 29 heavy (non-hydrogen) atoms. The number of hydrogen-bond donors (Lipinski definition) is 0. The molecule has 5 aromatic rings. The van der Waals surface area contributed by atoms with Crippen molar-refractivity contribution in [2.45, 2.75) is 41.0 Å². The average Bonchev–Trinajstić information content (AvgIpc) is 3.23. The second-order valence-electron chi connectivity index (χ2n) is 8.53. The molecule has 0 spiro atoms. The van der Waals surface area contributed by atoms with Crippen LogP contribution in [0.4, 0.5) is 0 Å². The van der Waals surface area contributed by atoms with Crippen molar-refractivity contribution in [3.63, 3.8) is 0 Å². The monoisotopic (exact) mass is 402 g/mol. The Morgan fingerprint density at radius 2 is 1.86 bits per heavy atom. The van der Waals surface area contributed by atoms with Crippen molar-refractivity contribution < 1.29 is 7.16 Å². The quantitative estimate of drug-likeness (QED) is 0.307. The van der Waals surface area contributed by atoms with Crippen LogP contribution in [0.2, 0.25) is 0 Å². The van der Waals surface area contributed by atoms with Gasteiger partial charge in [-0.1, -0.05) is 32.9 Å². The lowest BCUT2D eigenvalue weighted by molar-refractivity contribution is 0.412. The molecule has 0 aliphatic rings. The average molecular weight is 403 g/mol. The minimum Gasteiger partial charge on any atom is -0.437 e. The van der Waals surface area contributed by atoms with E-state index < -0.39 is 11.8 Å². The molecule has 0 bridgehead atoms. The second-order valence-corrected chi connectivity index (χ2v) is 9.76. The van der Waals surface area contributed by atoms with E-state index >= 15 is 0 Å². The Morgan fingerprint density at radius 3 is 2.66 bits per heavy atom. The van der Waals surface area contributed by atoms with Crippen LogP contribution in [0.25, 0.3) is 43.4 Å². The van der Waals surface area contributed by atoms with Gasteiger partial charge in [0.25, 0.3) is 0 Å². The highest BCUT2D eigenvalue weighted by Crippen LogP contribution is 2.42. The van der Waals surface area contributed by atoms with Crippen LogP contribution in [-0.2, 0) is 6.37 Å². The standard InChI is InChI=1S/C25H24N2OS/c1-14-9-10-18-16-7-6-8-19(22(16)28-24(18)27-14)21-23-17(11-12-26-21)20(15(2)29-23)13-25(3,4)5/h6-12H,13H2,1-5H3/i13D2. The van der Waals surface area contributed by atoms with Crippen molar-refractivity contribution in [3.05, 3.63) is 58.7 Å². The third-order valence-corrected chi connectivity index (χ3v) is 6.17. The zero-order chi connectivity index (χ0) is 22.1. The number of aromatic nitrogens is 2. The molecule has 0 saturated carbocycles. The lowest BCUT2D eigenvalue weighted by Crippen LogP contribution is -2.09. The summed E-state index contributed by atoms with van der Waals surface area (Å²) in [6.45, 7) is 9.79. The van der Waals surface area contributed by atoms with Crippen LogP contribution in [0.3, 0.4) is 0 Å². The van der Waals surface area contributed by atoms with Gasteiger partial charge in [-0.25, -0.2) is 4.98 Å². The molecule has 4 heteroatoms. The molecule has 0 fully saturated rings. The van der Waals surface area contributed by atoms with Gasteiger partial charge in [-0.05, 0) is 60.9 Å². The van der Waals surface area contributed by atoms with E-state index in [9.17, 15) is 0 Å². The molecule has 0 amide bonds. The molecule has 146 valence electrons. The smallest absolute Gasteiger partial charge is 0.227 e. The first-order valence-electron chi connectivity index (χ1n) is 10.8. The van der Waals surface area contributed by atoms with E-state index in [1.54, 1.807) is 17.5 Å². The third kappa shape index (κ3) is 3.03. The molecule has 5 rings (SSSR count). The minimum absolute atomic E-state index is 0.530. The number of para-hydroxylation sites is 1. The van der Waals surface area contributed by atoms with E-state index in [1.165, 1.54) is 0 Å².